The fourth-order valence-electron chi connectivity index (χ4n) is 2.94. The number of hydrogen-bond acceptors (Lipinski definition) is 2. The summed E-state index contributed by atoms with van der Waals surface area (Å²) < 4.78 is 0. The SMILES string of the molecule is CC(N)CCC(=O)N1CCCC1CCc1ccccc1.Cl. The van der Waals surface area contributed by atoms with Crippen LogP contribution in [0.4, 0.5) is 0 Å². The molecule has 118 valence electrons. The maximum atomic E-state index is 12.2. The quantitative estimate of drug-likeness (QED) is 0.877. The van der Waals surface area contributed by atoms with Gasteiger partial charge in [-0.3, -0.25) is 4.79 Å². The number of halogens is 1. The fraction of sp³-hybridized carbons (Fsp3) is 0.588. The lowest BCUT2D eigenvalue weighted by atomic mass is 10.0. The Balaban J connectivity index is 0.00000220. The minimum absolute atomic E-state index is 0. The van der Waals surface area contributed by atoms with E-state index in [1.165, 1.54) is 5.56 Å². The maximum Gasteiger partial charge on any atom is 0.222 e. The summed E-state index contributed by atoms with van der Waals surface area (Å²) in [5.74, 6) is 0.290. The summed E-state index contributed by atoms with van der Waals surface area (Å²) in [4.78, 5) is 14.3. The monoisotopic (exact) mass is 310 g/mol. The second-order valence-corrected chi connectivity index (χ2v) is 5.92. The first kappa shape index (κ1) is 18.0. The van der Waals surface area contributed by atoms with E-state index in [-0.39, 0.29) is 24.4 Å². The van der Waals surface area contributed by atoms with Crippen molar-refractivity contribution in [1.29, 1.82) is 0 Å². The van der Waals surface area contributed by atoms with Gasteiger partial charge in [0.05, 0.1) is 0 Å². The molecule has 0 aromatic heterocycles. The summed E-state index contributed by atoms with van der Waals surface area (Å²) in [5.41, 5.74) is 7.10. The molecule has 1 aliphatic rings. The highest BCUT2D eigenvalue weighted by atomic mass is 35.5. The number of likely N-dealkylation sites (tertiary alicyclic amines) is 1. The van der Waals surface area contributed by atoms with E-state index in [1.807, 2.05) is 13.0 Å². The van der Waals surface area contributed by atoms with Crippen LogP contribution < -0.4 is 5.73 Å². The molecule has 1 aromatic rings. The number of carbonyl (C=O) groups is 1. The Morgan fingerprint density at radius 3 is 2.76 bits per heavy atom. The molecule has 2 atom stereocenters. The number of rotatable bonds is 6. The topological polar surface area (TPSA) is 46.3 Å². The molecule has 0 bridgehead atoms. The maximum absolute atomic E-state index is 12.2. The van der Waals surface area contributed by atoms with Crippen molar-refractivity contribution in [2.24, 2.45) is 5.73 Å². The van der Waals surface area contributed by atoms with Crippen LogP contribution in [0.3, 0.4) is 0 Å². The summed E-state index contributed by atoms with van der Waals surface area (Å²) in [7, 11) is 0. The smallest absolute Gasteiger partial charge is 0.222 e. The van der Waals surface area contributed by atoms with Gasteiger partial charge in [-0.15, -0.1) is 12.4 Å². The number of nitrogens with two attached hydrogens (primary N) is 1. The molecular formula is C17H27ClN2O. The molecular weight excluding hydrogens is 284 g/mol. The number of carbonyl (C=O) groups excluding carboxylic acids is 1. The lowest BCUT2D eigenvalue weighted by molar-refractivity contribution is -0.132. The van der Waals surface area contributed by atoms with Crippen LogP contribution in [-0.4, -0.2) is 29.4 Å². The van der Waals surface area contributed by atoms with Crippen LogP contribution in [0.1, 0.15) is 44.6 Å². The van der Waals surface area contributed by atoms with Gasteiger partial charge in [0.25, 0.3) is 0 Å². The minimum Gasteiger partial charge on any atom is -0.340 e. The van der Waals surface area contributed by atoms with E-state index in [0.717, 1.165) is 38.6 Å². The Kier molecular flexibility index (Phi) is 7.76. The molecule has 4 heteroatoms. The largest absolute Gasteiger partial charge is 0.340 e. The van der Waals surface area contributed by atoms with E-state index < -0.39 is 0 Å². The third-order valence-corrected chi connectivity index (χ3v) is 4.12. The summed E-state index contributed by atoms with van der Waals surface area (Å²) in [6.45, 7) is 2.89. The molecule has 1 amide bonds. The third-order valence-electron chi connectivity index (χ3n) is 4.12. The molecule has 2 rings (SSSR count). The highest BCUT2D eigenvalue weighted by molar-refractivity contribution is 5.85. The molecule has 0 aliphatic carbocycles. The molecule has 1 aromatic carbocycles. The molecule has 2 unspecified atom stereocenters. The zero-order valence-corrected chi connectivity index (χ0v) is 13.6. The van der Waals surface area contributed by atoms with Gasteiger partial charge in [-0.25, -0.2) is 0 Å². The summed E-state index contributed by atoms with van der Waals surface area (Å²) in [6, 6.07) is 11.1. The van der Waals surface area contributed by atoms with Crippen LogP contribution in [0.15, 0.2) is 30.3 Å². The predicted octanol–water partition coefficient (Wildman–Crippen LogP) is 3.16. The summed E-state index contributed by atoms with van der Waals surface area (Å²) in [5, 5.41) is 0. The van der Waals surface area contributed by atoms with E-state index in [1.54, 1.807) is 0 Å². The van der Waals surface area contributed by atoms with Gasteiger partial charge < -0.3 is 10.6 Å². The fourth-order valence-corrected chi connectivity index (χ4v) is 2.94. The molecule has 0 radical (unpaired) electrons. The molecule has 0 saturated carbocycles. The van der Waals surface area contributed by atoms with Crippen LogP contribution in [0.25, 0.3) is 0 Å². The molecule has 3 nitrogen and oxygen atoms in total. The van der Waals surface area contributed by atoms with Crippen molar-refractivity contribution in [2.75, 3.05) is 6.54 Å². The molecule has 21 heavy (non-hydrogen) atoms. The first-order chi connectivity index (χ1) is 9.66. The average Bonchev–Trinajstić information content (AvgIpc) is 2.92. The van der Waals surface area contributed by atoms with Crippen molar-refractivity contribution in [3.05, 3.63) is 35.9 Å². The third kappa shape index (κ3) is 5.68. The van der Waals surface area contributed by atoms with Gasteiger partial charge in [0.15, 0.2) is 0 Å². The van der Waals surface area contributed by atoms with Crippen LogP contribution in [-0.2, 0) is 11.2 Å². The van der Waals surface area contributed by atoms with E-state index in [4.69, 9.17) is 5.73 Å². The van der Waals surface area contributed by atoms with Crippen molar-refractivity contribution >= 4 is 18.3 Å². The van der Waals surface area contributed by atoms with Gasteiger partial charge in [0, 0.05) is 25.0 Å². The number of nitrogens with zero attached hydrogens (tertiary/aromatic N) is 1. The predicted molar refractivity (Wildman–Crippen MR) is 89.6 cm³/mol. The van der Waals surface area contributed by atoms with Gasteiger partial charge in [0.1, 0.15) is 0 Å². The highest BCUT2D eigenvalue weighted by Crippen LogP contribution is 2.23. The van der Waals surface area contributed by atoms with Crippen molar-refractivity contribution in [3.8, 4) is 0 Å². The number of amides is 1. The van der Waals surface area contributed by atoms with Crippen molar-refractivity contribution < 1.29 is 4.79 Å². The lowest BCUT2D eigenvalue weighted by Crippen LogP contribution is -2.36. The lowest BCUT2D eigenvalue weighted by Gasteiger charge is -2.25. The standard InChI is InChI=1S/C17H26N2O.ClH/c1-14(18)9-12-17(20)19-13-5-8-16(19)11-10-15-6-3-2-4-7-15;/h2-4,6-7,14,16H,5,8-13,18H2,1H3;1H. The number of aryl methyl sites for hydroxylation is 1. The molecule has 1 fully saturated rings. The normalized spacial score (nSPS) is 19.1. The Labute approximate surface area is 134 Å². The Hall–Kier alpha value is -1.06. The van der Waals surface area contributed by atoms with Crippen molar-refractivity contribution in [2.45, 2.75) is 57.5 Å². The van der Waals surface area contributed by atoms with Gasteiger partial charge in [-0.05, 0) is 44.6 Å². The zero-order chi connectivity index (χ0) is 14.4. The number of hydrogen-bond donors (Lipinski definition) is 1. The molecule has 2 N–H and O–H groups in total. The van der Waals surface area contributed by atoms with Gasteiger partial charge >= 0.3 is 0 Å². The Morgan fingerprint density at radius 2 is 2.10 bits per heavy atom. The van der Waals surface area contributed by atoms with Gasteiger partial charge in [0.2, 0.25) is 5.91 Å². The number of benzene rings is 1. The van der Waals surface area contributed by atoms with Crippen molar-refractivity contribution in [3.63, 3.8) is 0 Å². The highest BCUT2D eigenvalue weighted by Gasteiger charge is 2.27. The minimum atomic E-state index is 0. The van der Waals surface area contributed by atoms with Crippen LogP contribution >= 0.6 is 12.4 Å². The Morgan fingerprint density at radius 1 is 1.38 bits per heavy atom. The zero-order valence-electron chi connectivity index (χ0n) is 12.8. The second-order valence-electron chi connectivity index (χ2n) is 5.92. The van der Waals surface area contributed by atoms with Crippen molar-refractivity contribution in [1.82, 2.24) is 4.90 Å². The van der Waals surface area contributed by atoms with E-state index in [9.17, 15) is 4.79 Å². The Bertz CT molecular complexity index is 422. The molecule has 1 aliphatic heterocycles. The first-order valence-electron chi connectivity index (χ1n) is 7.76. The summed E-state index contributed by atoms with van der Waals surface area (Å²) >= 11 is 0. The summed E-state index contributed by atoms with van der Waals surface area (Å²) in [6.07, 6.45) is 5.82. The van der Waals surface area contributed by atoms with Gasteiger partial charge in [-0.2, -0.15) is 0 Å². The average molecular weight is 311 g/mol. The van der Waals surface area contributed by atoms with Crippen LogP contribution in [0.5, 0.6) is 0 Å². The van der Waals surface area contributed by atoms with Gasteiger partial charge in [-0.1, -0.05) is 30.3 Å². The van der Waals surface area contributed by atoms with E-state index in [0.29, 0.717) is 12.5 Å². The van der Waals surface area contributed by atoms with E-state index >= 15 is 0 Å². The van der Waals surface area contributed by atoms with Crippen LogP contribution in [0, 0.1) is 0 Å². The second kappa shape index (κ2) is 9.06. The molecule has 1 heterocycles. The molecule has 0 spiro atoms. The molecule has 1 saturated heterocycles. The van der Waals surface area contributed by atoms with E-state index in [2.05, 4.69) is 29.2 Å². The first-order valence-corrected chi connectivity index (χ1v) is 7.76. The van der Waals surface area contributed by atoms with Crippen LogP contribution in [0.2, 0.25) is 0 Å².